The fourth-order valence-electron chi connectivity index (χ4n) is 2.83. The lowest BCUT2D eigenvalue weighted by molar-refractivity contribution is 0.538. The number of benzene rings is 1. The van der Waals surface area contributed by atoms with E-state index in [0.29, 0.717) is 5.75 Å². The Morgan fingerprint density at radius 1 is 1.27 bits per heavy atom. The lowest BCUT2D eigenvalue weighted by Gasteiger charge is -2.25. The zero-order valence-electron chi connectivity index (χ0n) is 15.9. The van der Waals surface area contributed by atoms with Crippen molar-refractivity contribution < 1.29 is 0 Å². The zero-order chi connectivity index (χ0) is 19.2. The second-order valence-corrected chi connectivity index (χ2v) is 6.91. The number of nitrogens with two attached hydrogens (primary N) is 1. The lowest BCUT2D eigenvalue weighted by atomic mass is 9.87. The van der Waals surface area contributed by atoms with Crippen LogP contribution in [0.5, 0.6) is 0 Å². The first-order valence-corrected chi connectivity index (χ1v) is 9.64. The number of anilines is 1. The highest BCUT2D eigenvalue weighted by Crippen LogP contribution is 2.30. The molecule has 1 unspecified atom stereocenters. The van der Waals surface area contributed by atoms with Gasteiger partial charge < -0.3 is 11.1 Å². The molecular formula is C22H29N3S. The molecule has 0 spiro atoms. The Labute approximate surface area is 162 Å². The number of thiol groups is 1. The van der Waals surface area contributed by atoms with Crippen molar-refractivity contribution in [1.82, 2.24) is 4.98 Å². The summed E-state index contributed by atoms with van der Waals surface area (Å²) >= 11 is 4.47. The number of aromatic nitrogens is 1. The maximum atomic E-state index is 6.64. The highest BCUT2D eigenvalue weighted by Gasteiger charge is 2.22. The molecule has 0 saturated heterocycles. The fourth-order valence-corrected chi connectivity index (χ4v) is 3.09. The maximum absolute atomic E-state index is 6.64. The minimum atomic E-state index is -0.557. The summed E-state index contributed by atoms with van der Waals surface area (Å²) in [6, 6.07) is 8.51. The van der Waals surface area contributed by atoms with E-state index in [-0.39, 0.29) is 0 Å². The molecule has 1 aromatic carbocycles. The summed E-state index contributed by atoms with van der Waals surface area (Å²) in [5.41, 5.74) is 12.5. The SMILES string of the molecule is C=C(C)/C=C\C(N)(CC)c1cncc(-c2ccc(NCC)c(CS)c2)c1. The second-order valence-electron chi connectivity index (χ2n) is 6.60. The van der Waals surface area contributed by atoms with E-state index in [4.69, 9.17) is 5.73 Å². The van der Waals surface area contributed by atoms with Crippen molar-refractivity contribution in [3.8, 4) is 11.1 Å². The van der Waals surface area contributed by atoms with Crippen LogP contribution in [0.1, 0.15) is 38.3 Å². The number of hydrogen-bond acceptors (Lipinski definition) is 4. The maximum Gasteiger partial charge on any atom is 0.0611 e. The number of nitrogens with zero attached hydrogens (tertiary/aromatic N) is 1. The molecule has 0 saturated carbocycles. The van der Waals surface area contributed by atoms with Gasteiger partial charge in [-0.25, -0.2) is 0 Å². The molecule has 2 rings (SSSR count). The van der Waals surface area contributed by atoms with Crippen molar-refractivity contribution in [3.05, 3.63) is 72.1 Å². The van der Waals surface area contributed by atoms with Gasteiger partial charge in [-0.1, -0.05) is 37.3 Å². The van der Waals surface area contributed by atoms with E-state index in [2.05, 4.69) is 67.6 Å². The van der Waals surface area contributed by atoms with E-state index >= 15 is 0 Å². The van der Waals surface area contributed by atoms with Gasteiger partial charge in [-0.05, 0) is 55.2 Å². The minimum absolute atomic E-state index is 0.557. The largest absolute Gasteiger partial charge is 0.385 e. The highest BCUT2D eigenvalue weighted by molar-refractivity contribution is 7.79. The first-order chi connectivity index (χ1) is 12.4. The summed E-state index contributed by atoms with van der Waals surface area (Å²) in [4.78, 5) is 4.45. The summed E-state index contributed by atoms with van der Waals surface area (Å²) in [7, 11) is 0. The zero-order valence-corrected chi connectivity index (χ0v) is 16.8. The van der Waals surface area contributed by atoms with Gasteiger partial charge in [0.25, 0.3) is 0 Å². The van der Waals surface area contributed by atoms with E-state index in [1.54, 1.807) is 0 Å². The topological polar surface area (TPSA) is 50.9 Å². The van der Waals surface area contributed by atoms with Crippen LogP contribution in [0.25, 0.3) is 11.1 Å². The molecule has 3 N–H and O–H groups in total. The summed E-state index contributed by atoms with van der Waals surface area (Å²) in [6.07, 6.45) is 8.50. The van der Waals surface area contributed by atoms with Gasteiger partial charge >= 0.3 is 0 Å². The van der Waals surface area contributed by atoms with Gasteiger partial charge in [0.1, 0.15) is 0 Å². The Kier molecular flexibility index (Phi) is 7.06. The van der Waals surface area contributed by atoms with Crippen LogP contribution in [-0.2, 0) is 11.3 Å². The molecule has 1 heterocycles. The van der Waals surface area contributed by atoms with Crippen LogP contribution in [0.3, 0.4) is 0 Å². The second kappa shape index (κ2) is 9.06. The predicted octanol–water partition coefficient (Wildman–Crippen LogP) is 5.31. The Bertz CT molecular complexity index is 798. The Balaban J connectivity index is 2.44. The number of allylic oxidation sites excluding steroid dienone is 2. The van der Waals surface area contributed by atoms with E-state index in [9.17, 15) is 0 Å². The first-order valence-electron chi connectivity index (χ1n) is 9.00. The van der Waals surface area contributed by atoms with E-state index in [0.717, 1.165) is 40.9 Å². The summed E-state index contributed by atoms with van der Waals surface area (Å²) < 4.78 is 0. The van der Waals surface area contributed by atoms with Gasteiger partial charge in [0.05, 0.1) is 5.54 Å². The quantitative estimate of drug-likeness (QED) is 0.438. The molecule has 3 nitrogen and oxygen atoms in total. The van der Waals surface area contributed by atoms with Crippen LogP contribution in [0, 0.1) is 0 Å². The van der Waals surface area contributed by atoms with Crippen LogP contribution in [-0.4, -0.2) is 11.5 Å². The lowest BCUT2D eigenvalue weighted by Crippen LogP contribution is -2.33. The van der Waals surface area contributed by atoms with Crippen LogP contribution in [0.2, 0.25) is 0 Å². The molecule has 0 radical (unpaired) electrons. The van der Waals surface area contributed by atoms with Gasteiger partial charge in [0, 0.05) is 35.9 Å². The number of rotatable bonds is 8. The molecular weight excluding hydrogens is 338 g/mol. The monoisotopic (exact) mass is 367 g/mol. The van der Waals surface area contributed by atoms with Crippen molar-refractivity contribution in [2.75, 3.05) is 11.9 Å². The average Bonchev–Trinajstić information content (AvgIpc) is 2.66. The van der Waals surface area contributed by atoms with Gasteiger partial charge in [-0.3, -0.25) is 4.98 Å². The number of nitrogens with one attached hydrogen (secondary N) is 1. The standard InChI is InChI=1S/C22H29N3S/c1-5-22(23,10-9-16(3)4)20-12-18(13-24-14-20)17-7-8-21(25-6-2)19(11-17)15-26/h7-14,25-26H,3,5-6,15,23H2,1-2,4H3/b10-9-. The minimum Gasteiger partial charge on any atom is -0.385 e. The van der Waals surface area contributed by atoms with Crippen molar-refractivity contribution in [2.45, 2.75) is 38.5 Å². The summed E-state index contributed by atoms with van der Waals surface area (Å²) in [5, 5.41) is 3.38. The molecule has 138 valence electrons. The van der Waals surface area contributed by atoms with Crippen LogP contribution >= 0.6 is 12.6 Å². The molecule has 0 bridgehead atoms. The third kappa shape index (κ3) is 4.77. The Morgan fingerprint density at radius 3 is 2.65 bits per heavy atom. The van der Waals surface area contributed by atoms with Crippen molar-refractivity contribution in [3.63, 3.8) is 0 Å². The van der Waals surface area contributed by atoms with Crippen LogP contribution < -0.4 is 11.1 Å². The Hall–Kier alpha value is -2.04. The fraction of sp³-hybridized carbons (Fsp3) is 0.318. The van der Waals surface area contributed by atoms with Gasteiger partial charge in [-0.2, -0.15) is 12.6 Å². The highest BCUT2D eigenvalue weighted by atomic mass is 32.1. The third-order valence-electron chi connectivity index (χ3n) is 4.50. The number of pyridine rings is 1. The van der Waals surface area contributed by atoms with Gasteiger partial charge in [-0.15, -0.1) is 0 Å². The summed E-state index contributed by atoms with van der Waals surface area (Å²) in [5.74, 6) is 0.681. The van der Waals surface area contributed by atoms with Gasteiger partial charge in [0.15, 0.2) is 0 Å². The molecule has 2 aromatic rings. The predicted molar refractivity (Wildman–Crippen MR) is 117 cm³/mol. The Morgan fingerprint density at radius 2 is 2.04 bits per heavy atom. The first kappa shape index (κ1) is 20.3. The molecule has 0 aliphatic rings. The summed E-state index contributed by atoms with van der Waals surface area (Å²) in [6.45, 7) is 10.9. The molecule has 4 heteroatoms. The molecule has 0 aliphatic heterocycles. The molecule has 26 heavy (non-hydrogen) atoms. The third-order valence-corrected chi connectivity index (χ3v) is 4.84. The van der Waals surface area contributed by atoms with E-state index in [1.165, 1.54) is 5.56 Å². The molecule has 0 amide bonds. The van der Waals surface area contributed by atoms with E-state index < -0.39 is 5.54 Å². The van der Waals surface area contributed by atoms with Crippen LogP contribution in [0.15, 0.2) is 61.0 Å². The van der Waals surface area contributed by atoms with Crippen molar-refractivity contribution in [1.29, 1.82) is 0 Å². The smallest absolute Gasteiger partial charge is 0.0611 e. The molecule has 0 fully saturated rings. The van der Waals surface area contributed by atoms with Gasteiger partial charge in [0.2, 0.25) is 0 Å². The average molecular weight is 368 g/mol. The van der Waals surface area contributed by atoms with Crippen LogP contribution in [0.4, 0.5) is 5.69 Å². The normalized spacial score (nSPS) is 13.6. The van der Waals surface area contributed by atoms with Crippen molar-refractivity contribution in [2.24, 2.45) is 5.73 Å². The number of hydrogen-bond donors (Lipinski definition) is 3. The molecule has 1 aromatic heterocycles. The molecule has 1 atom stereocenters. The van der Waals surface area contributed by atoms with Crippen molar-refractivity contribution >= 4 is 18.3 Å². The molecule has 0 aliphatic carbocycles. The van der Waals surface area contributed by atoms with E-state index in [1.807, 2.05) is 31.5 Å².